The minimum atomic E-state index is -0.526. The summed E-state index contributed by atoms with van der Waals surface area (Å²) < 4.78 is 4.62. The van der Waals surface area contributed by atoms with Crippen LogP contribution >= 0.6 is 0 Å². The van der Waals surface area contributed by atoms with Crippen LogP contribution in [0, 0.1) is 0 Å². The van der Waals surface area contributed by atoms with E-state index in [4.69, 9.17) is 0 Å². The largest absolute Gasteiger partial charge is 0.464 e. The quantitative estimate of drug-likeness (QED) is 0.814. The average Bonchev–Trinajstić information content (AvgIpc) is 2.65. The van der Waals surface area contributed by atoms with Gasteiger partial charge in [0.25, 0.3) is 5.91 Å². The lowest BCUT2D eigenvalue weighted by molar-refractivity contribution is 0.0593. The second-order valence-corrected chi connectivity index (χ2v) is 8.41. The van der Waals surface area contributed by atoms with Gasteiger partial charge in [0.2, 0.25) is 0 Å². The number of aromatic nitrogens is 1. The highest BCUT2D eigenvalue weighted by Crippen LogP contribution is 2.46. The summed E-state index contributed by atoms with van der Waals surface area (Å²) in [6.45, 7) is 9.05. The molecule has 0 saturated carbocycles. The van der Waals surface area contributed by atoms with E-state index in [1.54, 1.807) is 6.07 Å². The molecule has 0 unspecified atom stereocenters. The molecule has 2 aromatic rings. The number of amides is 1. The van der Waals surface area contributed by atoms with Crippen LogP contribution in [0.5, 0.6) is 0 Å². The topological polar surface area (TPSA) is 68.3 Å². The summed E-state index contributed by atoms with van der Waals surface area (Å²) in [6.07, 6.45) is 3.65. The Morgan fingerprint density at radius 3 is 2.26 bits per heavy atom. The van der Waals surface area contributed by atoms with Crippen molar-refractivity contribution < 1.29 is 14.3 Å². The molecule has 3 rings (SSSR count). The van der Waals surface area contributed by atoms with Crippen molar-refractivity contribution in [1.82, 2.24) is 4.98 Å². The fraction of sp³-hybridized carbons (Fsp3) is 0.409. The predicted molar refractivity (Wildman–Crippen MR) is 105 cm³/mol. The number of carbonyl (C=O) groups is 2. The van der Waals surface area contributed by atoms with Gasteiger partial charge >= 0.3 is 5.97 Å². The molecule has 1 aliphatic carbocycles. The number of esters is 1. The minimum Gasteiger partial charge on any atom is -0.464 e. The van der Waals surface area contributed by atoms with Crippen molar-refractivity contribution in [2.24, 2.45) is 0 Å². The van der Waals surface area contributed by atoms with Gasteiger partial charge in [-0.25, -0.2) is 9.78 Å². The van der Waals surface area contributed by atoms with Gasteiger partial charge in [0.05, 0.1) is 12.7 Å². The molecule has 1 heterocycles. The molecule has 1 amide bonds. The lowest BCUT2D eigenvalue weighted by Gasteiger charge is -2.42. The average molecular weight is 366 g/mol. The molecular formula is C22H26N2O3. The lowest BCUT2D eigenvalue weighted by atomic mass is 9.63. The molecule has 0 bridgehead atoms. The highest BCUT2D eigenvalue weighted by molar-refractivity contribution is 6.04. The number of hydrogen-bond donors (Lipinski definition) is 1. The number of carbonyl (C=O) groups excluding carboxylic acids is 2. The number of benzene rings is 1. The first-order valence-electron chi connectivity index (χ1n) is 9.15. The summed E-state index contributed by atoms with van der Waals surface area (Å²) in [5, 5.41) is 2.94. The van der Waals surface area contributed by atoms with E-state index in [9.17, 15) is 9.59 Å². The number of fused-ring (bicyclic) bond motifs is 1. The summed E-state index contributed by atoms with van der Waals surface area (Å²) in [5.41, 5.74) is 4.18. The highest BCUT2D eigenvalue weighted by Gasteiger charge is 2.37. The van der Waals surface area contributed by atoms with Gasteiger partial charge in [-0.05, 0) is 59.1 Å². The van der Waals surface area contributed by atoms with Crippen molar-refractivity contribution in [2.75, 3.05) is 12.4 Å². The first-order valence-corrected chi connectivity index (χ1v) is 9.15. The Morgan fingerprint density at radius 1 is 1.00 bits per heavy atom. The molecule has 5 heteroatoms. The van der Waals surface area contributed by atoms with E-state index in [1.165, 1.54) is 30.5 Å². The Morgan fingerprint density at radius 2 is 1.67 bits per heavy atom. The summed E-state index contributed by atoms with van der Waals surface area (Å²) in [6, 6.07) is 9.23. The number of anilines is 1. The van der Waals surface area contributed by atoms with Crippen LogP contribution in [0.1, 0.15) is 72.5 Å². The van der Waals surface area contributed by atoms with Crippen LogP contribution in [-0.4, -0.2) is 24.0 Å². The Bertz CT molecular complexity index is 883. The van der Waals surface area contributed by atoms with Crippen LogP contribution in [0.2, 0.25) is 0 Å². The van der Waals surface area contributed by atoms with Crippen molar-refractivity contribution in [1.29, 1.82) is 0 Å². The van der Waals surface area contributed by atoms with Gasteiger partial charge in [0, 0.05) is 11.9 Å². The van der Waals surface area contributed by atoms with Gasteiger partial charge < -0.3 is 10.1 Å². The van der Waals surface area contributed by atoms with Crippen LogP contribution in [0.25, 0.3) is 0 Å². The molecular weight excluding hydrogens is 340 g/mol. The molecule has 142 valence electrons. The van der Waals surface area contributed by atoms with Gasteiger partial charge in [-0.3, -0.25) is 4.79 Å². The van der Waals surface area contributed by atoms with Gasteiger partial charge in [0.1, 0.15) is 5.69 Å². The fourth-order valence-corrected chi connectivity index (χ4v) is 3.62. The fourth-order valence-electron chi connectivity index (χ4n) is 3.62. The Balaban J connectivity index is 1.84. The van der Waals surface area contributed by atoms with E-state index in [-0.39, 0.29) is 22.4 Å². The molecule has 5 nitrogen and oxygen atoms in total. The highest BCUT2D eigenvalue weighted by atomic mass is 16.5. The molecule has 0 atom stereocenters. The van der Waals surface area contributed by atoms with E-state index < -0.39 is 5.97 Å². The molecule has 1 N–H and O–H groups in total. The van der Waals surface area contributed by atoms with Crippen molar-refractivity contribution in [2.45, 2.75) is 51.4 Å². The maximum atomic E-state index is 12.6. The SMILES string of the molecule is COC(=O)c1ccc(C(=O)Nc2ccc3c(c2)C(C)(C)CCC3(C)C)cn1. The predicted octanol–water partition coefficient (Wildman–Crippen LogP) is 4.47. The van der Waals surface area contributed by atoms with Crippen molar-refractivity contribution >= 4 is 17.6 Å². The zero-order valence-electron chi connectivity index (χ0n) is 16.6. The molecule has 0 saturated heterocycles. The molecule has 0 radical (unpaired) electrons. The molecule has 0 spiro atoms. The summed E-state index contributed by atoms with van der Waals surface area (Å²) in [5.74, 6) is -0.784. The van der Waals surface area contributed by atoms with E-state index >= 15 is 0 Å². The zero-order chi connectivity index (χ0) is 19.8. The number of nitrogens with zero attached hydrogens (tertiary/aromatic N) is 1. The van der Waals surface area contributed by atoms with Crippen LogP contribution < -0.4 is 5.32 Å². The summed E-state index contributed by atoms with van der Waals surface area (Å²) >= 11 is 0. The van der Waals surface area contributed by atoms with Crippen LogP contribution in [0.15, 0.2) is 36.5 Å². The Labute approximate surface area is 160 Å². The molecule has 0 fully saturated rings. The lowest BCUT2D eigenvalue weighted by Crippen LogP contribution is -2.33. The second-order valence-electron chi connectivity index (χ2n) is 8.41. The third-order valence-corrected chi connectivity index (χ3v) is 5.53. The monoisotopic (exact) mass is 366 g/mol. The Kier molecular flexibility index (Phi) is 4.81. The first kappa shape index (κ1) is 19.1. The van der Waals surface area contributed by atoms with Crippen molar-refractivity contribution in [3.8, 4) is 0 Å². The molecule has 1 aliphatic rings. The zero-order valence-corrected chi connectivity index (χ0v) is 16.6. The van der Waals surface area contributed by atoms with Gasteiger partial charge in [-0.1, -0.05) is 33.8 Å². The van der Waals surface area contributed by atoms with Crippen LogP contribution in [-0.2, 0) is 15.6 Å². The van der Waals surface area contributed by atoms with Gasteiger partial charge in [-0.2, -0.15) is 0 Å². The second kappa shape index (κ2) is 6.80. The van der Waals surface area contributed by atoms with Crippen LogP contribution in [0.4, 0.5) is 5.69 Å². The number of methoxy groups -OCH3 is 1. The van der Waals surface area contributed by atoms with E-state index in [0.29, 0.717) is 5.56 Å². The van der Waals surface area contributed by atoms with Gasteiger partial charge in [-0.15, -0.1) is 0 Å². The first-order chi connectivity index (χ1) is 12.6. The van der Waals surface area contributed by atoms with E-state index in [2.05, 4.69) is 54.9 Å². The molecule has 1 aromatic heterocycles. The third kappa shape index (κ3) is 3.72. The number of hydrogen-bond acceptors (Lipinski definition) is 4. The summed E-state index contributed by atoms with van der Waals surface area (Å²) in [4.78, 5) is 28.0. The van der Waals surface area contributed by atoms with Crippen molar-refractivity contribution in [3.05, 3.63) is 58.9 Å². The number of ether oxygens (including phenoxy) is 1. The van der Waals surface area contributed by atoms with Crippen molar-refractivity contribution in [3.63, 3.8) is 0 Å². The maximum Gasteiger partial charge on any atom is 0.356 e. The molecule has 27 heavy (non-hydrogen) atoms. The third-order valence-electron chi connectivity index (χ3n) is 5.53. The number of nitrogens with one attached hydrogen (secondary N) is 1. The minimum absolute atomic E-state index is 0.0787. The number of rotatable bonds is 3. The molecule has 1 aromatic carbocycles. The Hall–Kier alpha value is -2.69. The number of pyridine rings is 1. The maximum absolute atomic E-state index is 12.6. The van der Waals surface area contributed by atoms with E-state index in [0.717, 1.165) is 18.5 Å². The van der Waals surface area contributed by atoms with E-state index in [1.807, 2.05) is 6.07 Å². The smallest absolute Gasteiger partial charge is 0.356 e. The summed E-state index contributed by atoms with van der Waals surface area (Å²) in [7, 11) is 1.30. The standard InChI is InChI=1S/C22H26N2O3/c1-21(2)10-11-22(3,4)17-12-15(7-8-16(17)21)24-19(25)14-6-9-18(23-13-14)20(26)27-5/h6-9,12-13H,10-11H2,1-5H3,(H,24,25). The van der Waals surface area contributed by atoms with Gasteiger partial charge in [0.15, 0.2) is 0 Å². The molecule has 0 aliphatic heterocycles. The normalized spacial score (nSPS) is 16.9. The van der Waals surface area contributed by atoms with Crippen LogP contribution in [0.3, 0.4) is 0 Å².